The van der Waals surface area contributed by atoms with Crippen LogP contribution < -0.4 is 74.2 Å². The van der Waals surface area contributed by atoms with Crippen LogP contribution in [-0.4, -0.2) is 18.2 Å². The first-order valence-corrected chi connectivity index (χ1v) is 5.70. The molecule has 7 heteroatoms. The summed E-state index contributed by atoms with van der Waals surface area (Å²) in [5.74, 6) is 0. The third kappa shape index (κ3) is 19.6. The number of rotatable bonds is 4. The molecule has 0 rings (SSSR count). The van der Waals surface area contributed by atoms with E-state index in [2.05, 4.69) is 5.32 Å². The van der Waals surface area contributed by atoms with E-state index in [0.717, 1.165) is 0 Å². The summed E-state index contributed by atoms with van der Waals surface area (Å²) in [6.45, 7) is 6.53. The first kappa shape index (κ1) is 21.4. The Balaban J connectivity index is -0.000000605. The SMILES string of the molecule is CC(C)(C)NCCCP(=O)([O-])[O-].[Na+].[Na+]. The largest absolute Gasteiger partial charge is 1.00 e. The average molecular weight is 239 g/mol. The first-order chi connectivity index (χ1) is 5.21. The van der Waals surface area contributed by atoms with Gasteiger partial charge in [-0.2, -0.15) is 0 Å². The summed E-state index contributed by atoms with van der Waals surface area (Å²) in [5, 5.41) is 3.10. The van der Waals surface area contributed by atoms with Crippen molar-refractivity contribution in [3.05, 3.63) is 0 Å². The number of hydrogen-bond donors (Lipinski definition) is 1. The monoisotopic (exact) mass is 239 g/mol. The summed E-state index contributed by atoms with van der Waals surface area (Å²) in [6, 6.07) is 0. The molecule has 0 aliphatic rings. The molecule has 0 aromatic heterocycles. The molecule has 0 fully saturated rings. The van der Waals surface area contributed by atoms with Crippen LogP contribution >= 0.6 is 7.60 Å². The van der Waals surface area contributed by atoms with Gasteiger partial charge in [0.05, 0.1) is 0 Å². The van der Waals surface area contributed by atoms with E-state index in [1.54, 1.807) is 0 Å². The summed E-state index contributed by atoms with van der Waals surface area (Å²) in [5.41, 5.74) is -0.0181. The smallest absolute Gasteiger partial charge is 0.811 e. The van der Waals surface area contributed by atoms with Crippen molar-refractivity contribution in [3.63, 3.8) is 0 Å². The van der Waals surface area contributed by atoms with Crippen LogP contribution in [0.3, 0.4) is 0 Å². The molecule has 1 N–H and O–H groups in total. The maximum absolute atomic E-state index is 10.2. The van der Waals surface area contributed by atoms with Gasteiger partial charge < -0.3 is 19.7 Å². The second kappa shape index (κ2) is 9.17. The van der Waals surface area contributed by atoms with Gasteiger partial charge in [0.25, 0.3) is 0 Å². The topological polar surface area (TPSA) is 75.2 Å². The zero-order chi connectivity index (χ0) is 9.83. The van der Waals surface area contributed by atoms with Gasteiger partial charge >= 0.3 is 59.1 Å². The van der Waals surface area contributed by atoms with Gasteiger partial charge in [-0.1, -0.05) is 7.60 Å². The third-order valence-electron chi connectivity index (χ3n) is 1.26. The molecule has 0 aliphatic carbocycles. The van der Waals surface area contributed by atoms with Crippen molar-refractivity contribution in [3.8, 4) is 0 Å². The van der Waals surface area contributed by atoms with Crippen LogP contribution in [0.2, 0.25) is 0 Å². The Morgan fingerprint density at radius 3 is 1.93 bits per heavy atom. The number of hydrogen-bond acceptors (Lipinski definition) is 4. The van der Waals surface area contributed by atoms with Crippen LogP contribution in [0.25, 0.3) is 0 Å². The molecule has 14 heavy (non-hydrogen) atoms. The molecule has 0 heterocycles. The maximum Gasteiger partial charge on any atom is 1.00 e. The summed E-state index contributed by atoms with van der Waals surface area (Å²) < 4.78 is 10.2. The van der Waals surface area contributed by atoms with E-state index in [0.29, 0.717) is 13.0 Å². The molecule has 0 saturated carbocycles. The zero-order valence-electron chi connectivity index (χ0n) is 9.79. The first-order valence-electron chi connectivity index (χ1n) is 3.97. The zero-order valence-corrected chi connectivity index (χ0v) is 14.7. The molecular weight excluding hydrogens is 223 g/mol. The Morgan fingerprint density at radius 1 is 1.21 bits per heavy atom. The van der Waals surface area contributed by atoms with Crippen molar-refractivity contribution in [2.75, 3.05) is 12.7 Å². The molecule has 0 radical (unpaired) electrons. The molecule has 0 aromatic carbocycles. The van der Waals surface area contributed by atoms with Gasteiger partial charge in [0.1, 0.15) is 0 Å². The van der Waals surface area contributed by atoms with Gasteiger partial charge in [-0.15, -0.1) is 0 Å². The van der Waals surface area contributed by atoms with Crippen LogP contribution in [0, 0.1) is 0 Å². The fourth-order valence-electron chi connectivity index (χ4n) is 0.736. The second-order valence-corrected chi connectivity index (χ2v) is 5.53. The minimum atomic E-state index is -4.29. The Bertz CT molecular complexity index is 178. The molecule has 0 aromatic rings. The van der Waals surface area contributed by atoms with E-state index in [9.17, 15) is 14.4 Å². The van der Waals surface area contributed by atoms with Crippen LogP contribution in [-0.2, 0) is 4.57 Å². The quantitative estimate of drug-likeness (QED) is 0.301. The van der Waals surface area contributed by atoms with Crippen LogP contribution in [0.4, 0.5) is 0 Å². The normalized spacial score (nSPS) is 11.5. The third-order valence-corrected chi connectivity index (χ3v) is 2.13. The predicted molar refractivity (Wildman–Crippen MR) is 44.8 cm³/mol. The maximum atomic E-state index is 10.2. The van der Waals surface area contributed by atoms with Crippen molar-refractivity contribution in [1.29, 1.82) is 0 Å². The van der Waals surface area contributed by atoms with Crippen molar-refractivity contribution < 1.29 is 73.5 Å². The molecule has 0 bridgehead atoms. The molecule has 4 nitrogen and oxygen atoms in total. The Hall–Kier alpha value is 2.11. The van der Waals surface area contributed by atoms with E-state index in [-0.39, 0.29) is 70.8 Å². The van der Waals surface area contributed by atoms with Crippen LogP contribution in [0.15, 0.2) is 0 Å². The molecule has 0 saturated heterocycles. The molecule has 0 aliphatic heterocycles. The van der Waals surface area contributed by atoms with Gasteiger partial charge in [0.2, 0.25) is 0 Å². The van der Waals surface area contributed by atoms with Gasteiger partial charge in [0, 0.05) is 5.54 Å². The Morgan fingerprint density at radius 2 is 1.64 bits per heavy atom. The molecule has 0 amide bonds. The summed E-state index contributed by atoms with van der Waals surface area (Å²) in [4.78, 5) is 20.4. The Kier molecular flexibility index (Phi) is 14.0. The summed E-state index contributed by atoms with van der Waals surface area (Å²) in [7, 11) is -4.29. The summed E-state index contributed by atoms with van der Waals surface area (Å²) in [6.07, 6.45) is 0.137. The van der Waals surface area contributed by atoms with Crippen molar-refractivity contribution in [2.24, 2.45) is 0 Å². The molecule has 0 unspecified atom stereocenters. The van der Waals surface area contributed by atoms with E-state index in [1.807, 2.05) is 20.8 Å². The van der Waals surface area contributed by atoms with Crippen molar-refractivity contribution in [2.45, 2.75) is 32.7 Å². The van der Waals surface area contributed by atoms with E-state index < -0.39 is 7.60 Å². The van der Waals surface area contributed by atoms with Gasteiger partial charge in [-0.25, -0.2) is 0 Å². The van der Waals surface area contributed by atoms with E-state index in [1.165, 1.54) is 0 Å². The molecule has 0 atom stereocenters. The van der Waals surface area contributed by atoms with Crippen LogP contribution in [0.5, 0.6) is 0 Å². The molecular formula is C7H16NNa2O3P. The van der Waals surface area contributed by atoms with E-state index >= 15 is 0 Å². The fourth-order valence-corrected chi connectivity index (χ4v) is 1.28. The minimum Gasteiger partial charge on any atom is -0.811 e. The van der Waals surface area contributed by atoms with E-state index in [4.69, 9.17) is 0 Å². The van der Waals surface area contributed by atoms with Crippen molar-refractivity contribution in [1.82, 2.24) is 5.32 Å². The van der Waals surface area contributed by atoms with Gasteiger partial charge in [-0.3, -0.25) is 0 Å². The van der Waals surface area contributed by atoms with Crippen LogP contribution in [0.1, 0.15) is 27.2 Å². The molecule has 74 valence electrons. The second-order valence-electron chi connectivity index (χ2n) is 3.86. The van der Waals surface area contributed by atoms with Crippen molar-refractivity contribution >= 4 is 7.60 Å². The minimum absolute atomic E-state index is 0. The Labute approximate surface area is 130 Å². The standard InChI is InChI=1S/C7H18NO3P.2Na/c1-7(2,3)8-5-4-6-12(9,10)11;;/h8H,4-6H2,1-3H3,(H2,9,10,11);;/q;2*+1/p-2. The number of nitrogens with one attached hydrogen (secondary N) is 1. The average Bonchev–Trinajstić information content (AvgIpc) is 1.76. The summed E-state index contributed by atoms with van der Waals surface area (Å²) >= 11 is 0. The molecule has 0 spiro atoms. The van der Waals surface area contributed by atoms with Gasteiger partial charge in [-0.05, 0) is 39.9 Å². The van der Waals surface area contributed by atoms with Gasteiger partial charge in [0.15, 0.2) is 0 Å². The predicted octanol–water partition coefficient (Wildman–Crippen LogP) is -6.31. The fraction of sp³-hybridized carbons (Fsp3) is 1.00.